The first-order valence-electron chi connectivity index (χ1n) is 6.63. The molecule has 1 aromatic rings. The van der Waals surface area contributed by atoms with E-state index >= 15 is 0 Å². The van der Waals surface area contributed by atoms with E-state index in [2.05, 4.69) is 11.8 Å². The maximum atomic E-state index is 11.0. The zero-order chi connectivity index (χ0) is 13.1. The number of piperidine rings is 1. The fourth-order valence-corrected chi connectivity index (χ4v) is 2.66. The first kappa shape index (κ1) is 13.1. The zero-order valence-electron chi connectivity index (χ0n) is 11.1. The molecule has 1 saturated heterocycles. The van der Waals surface area contributed by atoms with Gasteiger partial charge in [0.25, 0.3) is 0 Å². The van der Waals surface area contributed by atoms with E-state index in [9.17, 15) is 4.79 Å². The molecule has 1 N–H and O–H groups in total. The highest BCUT2D eigenvalue weighted by Gasteiger charge is 2.31. The molecule has 1 aromatic heterocycles. The molecule has 0 aromatic carbocycles. The van der Waals surface area contributed by atoms with Crippen LogP contribution in [0.3, 0.4) is 0 Å². The van der Waals surface area contributed by atoms with Crippen LogP contribution in [-0.2, 0) is 17.8 Å². The minimum Gasteiger partial charge on any atom is -0.481 e. The second-order valence-electron chi connectivity index (χ2n) is 5.17. The number of carbonyl (C=O) groups is 1. The Kier molecular flexibility index (Phi) is 4.07. The van der Waals surface area contributed by atoms with Crippen LogP contribution in [0.25, 0.3) is 0 Å². The van der Waals surface area contributed by atoms with Gasteiger partial charge in [0.05, 0.1) is 12.5 Å². The van der Waals surface area contributed by atoms with Crippen LogP contribution in [-0.4, -0.2) is 29.1 Å². The number of aliphatic carboxylic acids is 1. The third-order valence-electron chi connectivity index (χ3n) is 3.75. The lowest BCUT2D eigenvalue weighted by Crippen LogP contribution is -2.41. The van der Waals surface area contributed by atoms with Crippen LogP contribution in [0, 0.1) is 11.8 Å². The van der Waals surface area contributed by atoms with Gasteiger partial charge in [0.15, 0.2) is 0 Å². The van der Waals surface area contributed by atoms with Gasteiger partial charge in [-0.3, -0.25) is 9.69 Å². The van der Waals surface area contributed by atoms with Gasteiger partial charge in [-0.05, 0) is 31.0 Å². The van der Waals surface area contributed by atoms with Crippen LogP contribution in [0.15, 0.2) is 16.5 Å². The number of likely N-dealkylation sites (tertiary alicyclic amines) is 1. The number of rotatable bonds is 4. The Morgan fingerprint density at radius 2 is 2.22 bits per heavy atom. The molecule has 0 amide bonds. The van der Waals surface area contributed by atoms with E-state index in [0.29, 0.717) is 0 Å². The van der Waals surface area contributed by atoms with Gasteiger partial charge in [0.1, 0.15) is 11.5 Å². The fourth-order valence-electron chi connectivity index (χ4n) is 2.66. The lowest BCUT2D eigenvalue weighted by atomic mass is 9.87. The second kappa shape index (κ2) is 5.57. The maximum absolute atomic E-state index is 11.0. The number of furan rings is 1. The molecule has 2 rings (SSSR count). The molecule has 1 aliphatic rings. The highest BCUT2D eigenvalue weighted by atomic mass is 16.4. The average molecular weight is 251 g/mol. The summed E-state index contributed by atoms with van der Waals surface area (Å²) in [6, 6.07) is 4.04. The summed E-state index contributed by atoms with van der Waals surface area (Å²) in [5, 5.41) is 9.08. The van der Waals surface area contributed by atoms with E-state index in [-0.39, 0.29) is 11.8 Å². The number of hydrogen-bond donors (Lipinski definition) is 1. The lowest BCUT2D eigenvalue weighted by molar-refractivity contribution is -0.145. The summed E-state index contributed by atoms with van der Waals surface area (Å²) in [7, 11) is 0. The summed E-state index contributed by atoms with van der Waals surface area (Å²) in [5.41, 5.74) is 0. The van der Waals surface area contributed by atoms with Crippen molar-refractivity contribution >= 4 is 5.97 Å². The Labute approximate surface area is 108 Å². The van der Waals surface area contributed by atoms with Crippen molar-refractivity contribution in [1.82, 2.24) is 4.90 Å². The number of nitrogens with zero attached hydrogens (tertiary/aromatic N) is 1. The molecule has 0 radical (unpaired) electrons. The molecule has 100 valence electrons. The molecule has 4 heteroatoms. The molecule has 0 saturated carbocycles. The van der Waals surface area contributed by atoms with Gasteiger partial charge in [-0.1, -0.05) is 13.8 Å². The Hall–Kier alpha value is -1.29. The van der Waals surface area contributed by atoms with Crippen molar-refractivity contribution in [3.63, 3.8) is 0 Å². The Morgan fingerprint density at radius 1 is 1.50 bits per heavy atom. The van der Waals surface area contributed by atoms with Gasteiger partial charge in [-0.15, -0.1) is 0 Å². The predicted octanol–water partition coefficient (Wildman–Crippen LogP) is 2.38. The number of aryl methyl sites for hydroxylation is 1. The van der Waals surface area contributed by atoms with Crippen molar-refractivity contribution in [2.75, 3.05) is 13.1 Å². The molecule has 1 aliphatic heterocycles. The molecule has 0 bridgehead atoms. The second-order valence-corrected chi connectivity index (χ2v) is 5.17. The van der Waals surface area contributed by atoms with Gasteiger partial charge < -0.3 is 9.52 Å². The SMILES string of the molecule is CCc1ccc(CN2CCC(C(=O)O)C(C)C2)o1. The fraction of sp³-hybridized carbons (Fsp3) is 0.643. The number of carboxylic acids is 1. The summed E-state index contributed by atoms with van der Waals surface area (Å²) in [5.74, 6) is 1.35. The standard InChI is InChI=1S/C14H21NO3/c1-3-11-4-5-12(18-11)9-15-7-6-13(14(16)17)10(2)8-15/h4-5,10,13H,3,6-9H2,1-2H3,(H,16,17). The summed E-state index contributed by atoms with van der Waals surface area (Å²) >= 11 is 0. The molecule has 1 fully saturated rings. The molecule has 0 aliphatic carbocycles. The number of carboxylic acid groups (broad SMARTS) is 1. The molecule has 2 unspecified atom stereocenters. The molecule has 18 heavy (non-hydrogen) atoms. The van der Waals surface area contributed by atoms with E-state index in [4.69, 9.17) is 9.52 Å². The van der Waals surface area contributed by atoms with Crippen molar-refractivity contribution in [3.8, 4) is 0 Å². The third kappa shape index (κ3) is 2.93. The first-order valence-corrected chi connectivity index (χ1v) is 6.63. The van der Waals surface area contributed by atoms with E-state index in [1.807, 2.05) is 19.1 Å². The van der Waals surface area contributed by atoms with Crippen molar-refractivity contribution in [2.24, 2.45) is 11.8 Å². The Bertz CT molecular complexity index is 413. The van der Waals surface area contributed by atoms with E-state index in [1.165, 1.54) is 0 Å². The van der Waals surface area contributed by atoms with Crippen LogP contribution >= 0.6 is 0 Å². The molecule has 0 spiro atoms. The molecule has 4 nitrogen and oxygen atoms in total. The molecule has 2 atom stereocenters. The summed E-state index contributed by atoms with van der Waals surface area (Å²) in [4.78, 5) is 13.3. The van der Waals surface area contributed by atoms with E-state index < -0.39 is 5.97 Å². The smallest absolute Gasteiger partial charge is 0.306 e. The topological polar surface area (TPSA) is 53.7 Å². The van der Waals surface area contributed by atoms with Gasteiger partial charge >= 0.3 is 5.97 Å². The van der Waals surface area contributed by atoms with Crippen LogP contribution in [0.1, 0.15) is 31.8 Å². The monoisotopic (exact) mass is 251 g/mol. The largest absolute Gasteiger partial charge is 0.481 e. The highest BCUT2D eigenvalue weighted by molar-refractivity contribution is 5.70. The van der Waals surface area contributed by atoms with Crippen molar-refractivity contribution < 1.29 is 14.3 Å². The summed E-state index contributed by atoms with van der Waals surface area (Å²) < 4.78 is 5.69. The van der Waals surface area contributed by atoms with Crippen molar-refractivity contribution in [2.45, 2.75) is 33.2 Å². The van der Waals surface area contributed by atoms with Crippen molar-refractivity contribution in [3.05, 3.63) is 23.7 Å². The van der Waals surface area contributed by atoms with Crippen LogP contribution in [0.5, 0.6) is 0 Å². The van der Waals surface area contributed by atoms with Gasteiger partial charge in [-0.25, -0.2) is 0 Å². The van der Waals surface area contributed by atoms with Crippen LogP contribution < -0.4 is 0 Å². The predicted molar refractivity (Wildman–Crippen MR) is 68.3 cm³/mol. The molecular formula is C14H21NO3. The lowest BCUT2D eigenvalue weighted by Gasteiger charge is -2.34. The Balaban J connectivity index is 1.90. The minimum absolute atomic E-state index is 0.191. The van der Waals surface area contributed by atoms with Gasteiger partial charge in [-0.2, -0.15) is 0 Å². The summed E-state index contributed by atoms with van der Waals surface area (Å²) in [6.45, 7) is 6.55. The van der Waals surface area contributed by atoms with Crippen LogP contribution in [0.4, 0.5) is 0 Å². The average Bonchev–Trinajstić information content (AvgIpc) is 2.76. The first-order chi connectivity index (χ1) is 8.60. The highest BCUT2D eigenvalue weighted by Crippen LogP contribution is 2.25. The molecule has 2 heterocycles. The maximum Gasteiger partial charge on any atom is 0.306 e. The quantitative estimate of drug-likeness (QED) is 0.892. The van der Waals surface area contributed by atoms with Crippen LogP contribution in [0.2, 0.25) is 0 Å². The normalized spacial score (nSPS) is 25.2. The van der Waals surface area contributed by atoms with Gasteiger partial charge in [0, 0.05) is 13.0 Å². The van der Waals surface area contributed by atoms with E-state index in [0.717, 1.165) is 44.0 Å². The van der Waals surface area contributed by atoms with Gasteiger partial charge in [0.2, 0.25) is 0 Å². The zero-order valence-corrected chi connectivity index (χ0v) is 11.1. The van der Waals surface area contributed by atoms with Crippen molar-refractivity contribution in [1.29, 1.82) is 0 Å². The number of hydrogen-bond acceptors (Lipinski definition) is 3. The summed E-state index contributed by atoms with van der Waals surface area (Å²) in [6.07, 6.45) is 1.65. The third-order valence-corrected chi connectivity index (χ3v) is 3.75. The molecular weight excluding hydrogens is 230 g/mol. The van der Waals surface area contributed by atoms with E-state index in [1.54, 1.807) is 0 Å². The Morgan fingerprint density at radius 3 is 2.78 bits per heavy atom. The minimum atomic E-state index is -0.659.